The molecule has 3 nitrogen and oxygen atoms in total. The van der Waals surface area contributed by atoms with E-state index in [9.17, 15) is 18.0 Å². The number of benzene rings is 1. The Bertz CT molecular complexity index is 499. The average Bonchev–Trinajstić information content (AvgIpc) is 2.86. The summed E-state index contributed by atoms with van der Waals surface area (Å²) in [6.07, 6.45) is -0.176. The summed E-state index contributed by atoms with van der Waals surface area (Å²) in [4.78, 5) is 11.2. The summed E-state index contributed by atoms with van der Waals surface area (Å²) in [6.45, 7) is 2.18. The van der Waals surface area contributed by atoms with E-state index in [-0.39, 0.29) is 24.4 Å². The van der Waals surface area contributed by atoms with Crippen LogP contribution >= 0.6 is 0 Å². The molecule has 6 heteroatoms. The molecule has 1 unspecified atom stereocenters. The van der Waals surface area contributed by atoms with Crippen LogP contribution in [-0.4, -0.2) is 23.6 Å². The number of alkyl halides is 3. The SMILES string of the molecule is CCCCCc1ccc(C(N2CCC(=O)N2)C(F)(F)F)cc1. The van der Waals surface area contributed by atoms with Crippen LogP contribution in [0.15, 0.2) is 24.3 Å². The summed E-state index contributed by atoms with van der Waals surface area (Å²) in [7, 11) is 0. The van der Waals surface area contributed by atoms with Crippen LogP contribution in [0, 0.1) is 0 Å². The van der Waals surface area contributed by atoms with Crippen molar-refractivity contribution in [3.8, 4) is 0 Å². The van der Waals surface area contributed by atoms with Crippen LogP contribution in [0.5, 0.6) is 0 Å². The third-order valence-electron chi connectivity index (χ3n) is 3.83. The first kappa shape index (κ1) is 16.8. The summed E-state index contributed by atoms with van der Waals surface area (Å²) in [5.41, 5.74) is 3.50. The second kappa shape index (κ2) is 7.13. The molecule has 22 heavy (non-hydrogen) atoms. The van der Waals surface area contributed by atoms with Crippen molar-refractivity contribution in [1.29, 1.82) is 0 Å². The minimum absolute atomic E-state index is 0.0707. The third-order valence-corrected chi connectivity index (χ3v) is 3.83. The Morgan fingerprint density at radius 3 is 2.41 bits per heavy atom. The smallest absolute Gasteiger partial charge is 0.288 e. The summed E-state index contributed by atoms with van der Waals surface area (Å²) in [5.74, 6) is -0.370. The fraction of sp³-hybridized carbons (Fsp3) is 0.562. The lowest BCUT2D eigenvalue weighted by molar-refractivity contribution is -0.191. The molecule has 0 spiro atoms. The van der Waals surface area contributed by atoms with Gasteiger partial charge in [0.2, 0.25) is 5.91 Å². The maximum absolute atomic E-state index is 13.3. The number of hydrogen-bond donors (Lipinski definition) is 1. The van der Waals surface area contributed by atoms with Crippen LogP contribution < -0.4 is 5.43 Å². The Hall–Kier alpha value is -1.56. The van der Waals surface area contributed by atoms with Gasteiger partial charge in [0, 0.05) is 13.0 Å². The first-order valence-electron chi connectivity index (χ1n) is 7.63. The highest BCUT2D eigenvalue weighted by Gasteiger charge is 2.46. The Labute approximate surface area is 128 Å². The van der Waals surface area contributed by atoms with Crippen LogP contribution in [0.4, 0.5) is 13.2 Å². The average molecular weight is 314 g/mol. The summed E-state index contributed by atoms with van der Waals surface area (Å²) < 4.78 is 40.0. The Kier molecular flexibility index (Phi) is 5.45. The van der Waals surface area contributed by atoms with Crippen molar-refractivity contribution in [1.82, 2.24) is 10.4 Å². The van der Waals surface area contributed by atoms with Crippen molar-refractivity contribution in [2.45, 2.75) is 51.2 Å². The van der Waals surface area contributed by atoms with Gasteiger partial charge < -0.3 is 0 Å². The second-order valence-corrected chi connectivity index (χ2v) is 5.62. The maximum Gasteiger partial charge on any atom is 0.409 e. The van der Waals surface area contributed by atoms with Crippen molar-refractivity contribution in [3.63, 3.8) is 0 Å². The zero-order valence-corrected chi connectivity index (χ0v) is 12.6. The van der Waals surface area contributed by atoms with Gasteiger partial charge in [-0.1, -0.05) is 44.0 Å². The van der Waals surface area contributed by atoms with Crippen molar-refractivity contribution < 1.29 is 18.0 Å². The molecule has 0 bridgehead atoms. The molecule has 1 fully saturated rings. The topological polar surface area (TPSA) is 32.3 Å². The fourth-order valence-electron chi connectivity index (χ4n) is 2.68. The van der Waals surface area contributed by atoms with Gasteiger partial charge in [-0.2, -0.15) is 13.2 Å². The van der Waals surface area contributed by atoms with Gasteiger partial charge in [-0.05, 0) is 24.0 Å². The van der Waals surface area contributed by atoms with Gasteiger partial charge in [0.1, 0.15) is 6.04 Å². The number of aryl methyl sites for hydroxylation is 1. The van der Waals surface area contributed by atoms with E-state index >= 15 is 0 Å². The molecule has 0 aromatic heterocycles. The van der Waals surface area contributed by atoms with E-state index in [0.29, 0.717) is 0 Å². The highest BCUT2D eigenvalue weighted by molar-refractivity contribution is 5.77. The zero-order chi connectivity index (χ0) is 16.2. The van der Waals surface area contributed by atoms with Gasteiger partial charge in [0.05, 0.1) is 0 Å². The number of halogens is 3. The molecule has 2 rings (SSSR count). The molecule has 0 saturated carbocycles. The minimum Gasteiger partial charge on any atom is -0.288 e. The van der Waals surface area contributed by atoms with Crippen LogP contribution in [0.3, 0.4) is 0 Å². The molecule has 0 radical (unpaired) electrons. The Morgan fingerprint density at radius 2 is 1.91 bits per heavy atom. The molecule has 1 amide bonds. The quantitative estimate of drug-likeness (QED) is 0.811. The molecular weight excluding hydrogens is 293 g/mol. The van der Waals surface area contributed by atoms with Gasteiger partial charge in [0.25, 0.3) is 0 Å². The molecule has 1 aromatic rings. The lowest BCUT2D eigenvalue weighted by Crippen LogP contribution is -2.43. The first-order valence-corrected chi connectivity index (χ1v) is 7.63. The second-order valence-electron chi connectivity index (χ2n) is 5.62. The monoisotopic (exact) mass is 314 g/mol. The number of carbonyl (C=O) groups excluding carboxylic acids is 1. The van der Waals surface area contributed by atoms with Gasteiger partial charge in [-0.3, -0.25) is 10.2 Å². The Morgan fingerprint density at radius 1 is 1.23 bits per heavy atom. The van der Waals surface area contributed by atoms with Crippen molar-refractivity contribution in [2.75, 3.05) is 6.54 Å². The van der Waals surface area contributed by atoms with Gasteiger partial charge in [0.15, 0.2) is 0 Å². The zero-order valence-electron chi connectivity index (χ0n) is 12.6. The number of rotatable bonds is 6. The molecule has 1 aliphatic heterocycles. The molecule has 1 atom stereocenters. The van der Waals surface area contributed by atoms with Crippen molar-refractivity contribution in [3.05, 3.63) is 35.4 Å². The number of amides is 1. The van der Waals surface area contributed by atoms with Crippen LogP contribution in [0.25, 0.3) is 0 Å². The normalized spacial score (nSPS) is 17.5. The third kappa shape index (κ3) is 4.22. The van der Waals surface area contributed by atoms with Gasteiger partial charge in [-0.15, -0.1) is 0 Å². The first-order chi connectivity index (χ1) is 10.4. The number of carbonyl (C=O) groups is 1. The minimum atomic E-state index is -4.43. The van der Waals surface area contributed by atoms with Crippen molar-refractivity contribution >= 4 is 5.91 Å². The van der Waals surface area contributed by atoms with E-state index in [1.54, 1.807) is 12.1 Å². The highest BCUT2D eigenvalue weighted by atomic mass is 19.4. The number of hydrogen-bond acceptors (Lipinski definition) is 2. The van der Waals surface area contributed by atoms with E-state index in [4.69, 9.17) is 0 Å². The molecule has 1 saturated heterocycles. The van der Waals surface area contributed by atoms with Gasteiger partial charge >= 0.3 is 6.18 Å². The lowest BCUT2D eigenvalue weighted by Gasteiger charge is -2.29. The predicted molar refractivity (Wildman–Crippen MR) is 77.9 cm³/mol. The van der Waals surface area contributed by atoms with E-state index < -0.39 is 12.2 Å². The summed E-state index contributed by atoms with van der Waals surface area (Å²) in [5, 5.41) is 0.981. The Balaban J connectivity index is 2.12. The molecule has 1 heterocycles. The molecule has 1 aromatic carbocycles. The van der Waals surface area contributed by atoms with E-state index in [2.05, 4.69) is 12.3 Å². The number of hydrazine groups is 1. The largest absolute Gasteiger partial charge is 0.409 e. The van der Waals surface area contributed by atoms with Crippen LogP contribution in [0.1, 0.15) is 49.8 Å². The van der Waals surface area contributed by atoms with Gasteiger partial charge in [-0.25, -0.2) is 5.01 Å². The molecule has 0 aliphatic carbocycles. The molecule has 1 N–H and O–H groups in total. The maximum atomic E-state index is 13.3. The number of nitrogens with zero attached hydrogens (tertiary/aromatic N) is 1. The lowest BCUT2D eigenvalue weighted by atomic mass is 10.0. The van der Waals surface area contributed by atoms with E-state index in [1.807, 2.05) is 0 Å². The fourth-order valence-corrected chi connectivity index (χ4v) is 2.68. The number of nitrogens with one attached hydrogen (secondary N) is 1. The molecular formula is C16H21F3N2O. The predicted octanol–water partition coefficient (Wildman–Crippen LogP) is 3.76. The van der Waals surface area contributed by atoms with Crippen molar-refractivity contribution in [2.24, 2.45) is 0 Å². The van der Waals surface area contributed by atoms with Crippen LogP contribution in [0.2, 0.25) is 0 Å². The van der Waals surface area contributed by atoms with E-state index in [0.717, 1.165) is 36.3 Å². The van der Waals surface area contributed by atoms with Crippen LogP contribution in [-0.2, 0) is 11.2 Å². The molecule has 122 valence electrons. The van der Waals surface area contributed by atoms with E-state index in [1.165, 1.54) is 12.1 Å². The summed E-state index contributed by atoms with van der Waals surface area (Å²) >= 11 is 0. The highest BCUT2D eigenvalue weighted by Crippen LogP contribution is 2.37. The number of unbranched alkanes of at least 4 members (excludes halogenated alkanes) is 2. The standard InChI is InChI=1S/C16H21F3N2O/c1-2-3-4-5-12-6-8-13(9-7-12)15(16(17,18)19)21-11-10-14(22)20-21/h6-9,15H,2-5,10-11H2,1H3,(H,20,22). The summed E-state index contributed by atoms with van der Waals surface area (Å²) in [6, 6.07) is 4.75. The molecule has 1 aliphatic rings.